The molecule has 0 fully saturated rings. The zero-order valence-electron chi connectivity index (χ0n) is 14.9. The van der Waals surface area contributed by atoms with Gasteiger partial charge in [0.25, 0.3) is 11.8 Å². The maximum Gasteiger partial charge on any atom is 0.286 e. The molecule has 0 saturated carbocycles. The van der Waals surface area contributed by atoms with Crippen molar-refractivity contribution in [1.29, 1.82) is 0 Å². The summed E-state index contributed by atoms with van der Waals surface area (Å²) in [6, 6.07) is 6.27. The van der Waals surface area contributed by atoms with Gasteiger partial charge in [0.1, 0.15) is 5.69 Å². The number of nitrogens with one attached hydrogen (secondary N) is 3. The highest BCUT2D eigenvalue weighted by Gasteiger charge is 2.13. The predicted molar refractivity (Wildman–Crippen MR) is 98.7 cm³/mol. The van der Waals surface area contributed by atoms with E-state index >= 15 is 0 Å². The van der Waals surface area contributed by atoms with Gasteiger partial charge >= 0.3 is 0 Å². The highest BCUT2D eigenvalue weighted by atomic mass is 35.5. The Kier molecular flexibility index (Phi) is 6.91. The molecule has 0 aliphatic rings. The molecule has 0 radical (unpaired) electrons. The molecule has 0 saturated heterocycles. The van der Waals surface area contributed by atoms with Crippen LogP contribution in [0.5, 0.6) is 11.5 Å². The van der Waals surface area contributed by atoms with Gasteiger partial charge in [-0.05, 0) is 36.6 Å². The minimum Gasteiger partial charge on any atom is -0.493 e. The summed E-state index contributed by atoms with van der Waals surface area (Å²) in [6.45, 7) is 4.79. The third-order valence-corrected chi connectivity index (χ3v) is 3.78. The van der Waals surface area contributed by atoms with Gasteiger partial charge in [-0.3, -0.25) is 20.4 Å². The molecule has 140 valence electrons. The third-order valence-electron chi connectivity index (χ3n) is 3.56. The third kappa shape index (κ3) is 5.42. The van der Waals surface area contributed by atoms with Crippen molar-refractivity contribution < 1.29 is 19.1 Å². The first kappa shape index (κ1) is 19.7. The Morgan fingerprint density at radius 3 is 2.50 bits per heavy atom. The first-order valence-corrected chi connectivity index (χ1v) is 8.54. The molecule has 2 rings (SSSR count). The smallest absolute Gasteiger partial charge is 0.286 e. The normalized spacial score (nSPS) is 10.5. The summed E-state index contributed by atoms with van der Waals surface area (Å²) < 4.78 is 11.0. The van der Waals surface area contributed by atoms with Crippen molar-refractivity contribution in [3.8, 4) is 11.5 Å². The Labute approximate surface area is 157 Å². The van der Waals surface area contributed by atoms with E-state index in [0.717, 1.165) is 6.42 Å². The molecule has 0 unspecified atom stereocenters. The second-order valence-electron chi connectivity index (χ2n) is 6.04. The molecule has 0 aliphatic carbocycles. The Hall–Kier alpha value is -2.67. The van der Waals surface area contributed by atoms with Crippen LogP contribution in [0.25, 0.3) is 0 Å². The molecule has 1 aromatic carbocycles. The topological polar surface area (TPSA) is 92.5 Å². The zero-order valence-corrected chi connectivity index (χ0v) is 15.6. The van der Waals surface area contributed by atoms with Crippen LogP contribution in [-0.2, 0) is 0 Å². The lowest BCUT2D eigenvalue weighted by Gasteiger charge is -2.13. The van der Waals surface area contributed by atoms with E-state index < -0.39 is 11.8 Å². The van der Waals surface area contributed by atoms with Crippen molar-refractivity contribution >= 4 is 23.4 Å². The van der Waals surface area contributed by atoms with E-state index in [4.69, 9.17) is 21.1 Å². The Morgan fingerprint density at radius 2 is 1.88 bits per heavy atom. The minimum absolute atomic E-state index is 0.238. The highest BCUT2D eigenvalue weighted by molar-refractivity contribution is 6.30. The minimum atomic E-state index is -0.508. The molecule has 0 bridgehead atoms. The van der Waals surface area contributed by atoms with Gasteiger partial charge in [-0.2, -0.15) is 0 Å². The average Bonchev–Trinajstić information content (AvgIpc) is 3.05. The number of ether oxygens (including phenoxy) is 2. The summed E-state index contributed by atoms with van der Waals surface area (Å²) in [6.07, 6.45) is 2.39. The molecule has 3 N–H and O–H groups in total. The lowest BCUT2D eigenvalue weighted by atomic mass is 10.1. The highest BCUT2D eigenvalue weighted by Crippen LogP contribution is 2.28. The Balaban J connectivity index is 1.96. The molecule has 8 heteroatoms. The first-order valence-electron chi connectivity index (χ1n) is 8.16. The van der Waals surface area contributed by atoms with E-state index in [0.29, 0.717) is 34.6 Å². The van der Waals surface area contributed by atoms with Gasteiger partial charge in [0, 0.05) is 11.8 Å². The van der Waals surface area contributed by atoms with Crippen molar-refractivity contribution in [1.82, 2.24) is 15.8 Å². The number of hydrogen-bond acceptors (Lipinski definition) is 4. The van der Waals surface area contributed by atoms with Gasteiger partial charge in [0.05, 0.1) is 18.7 Å². The molecule has 2 amide bonds. The van der Waals surface area contributed by atoms with E-state index in [1.165, 1.54) is 19.4 Å². The number of rotatable bonds is 7. The SMILES string of the molecule is COc1cc(C(=O)NNC(=O)c2cc(Cl)c[nH]2)ccc1OCCC(C)C. The van der Waals surface area contributed by atoms with E-state index in [-0.39, 0.29) is 5.69 Å². The van der Waals surface area contributed by atoms with Crippen molar-refractivity contribution in [3.05, 3.63) is 46.7 Å². The number of carbonyl (C=O) groups excluding carboxylic acids is 2. The van der Waals surface area contributed by atoms with Crippen LogP contribution in [0.2, 0.25) is 5.02 Å². The van der Waals surface area contributed by atoms with Gasteiger partial charge in [0.15, 0.2) is 11.5 Å². The van der Waals surface area contributed by atoms with Gasteiger partial charge in [-0.1, -0.05) is 25.4 Å². The number of amides is 2. The molecular formula is C18H22ClN3O4. The number of methoxy groups -OCH3 is 1. The standard InChI is InChI=1S/C18H22ClN3O4/c1-11(2)6-7-26-15-5-4-12(8-16(15)25-3)17(23)21-22-18(24)14-9-13(19)10-20-14/h4-5,8-11,20H,6-7H2,1-3H3,(H,21,23)(H,22,24). The lowest BCUT2D eigenvalue weighted by molar-refractivity contribution is 0.0844. The van der Waals surface area contributed by atoms with Crippen LogP contribution in [-0.4, -0.2) is 30.5 Å². The summed E-state index contributed by atoms with van der Waals surface area (Å²) in [5, 5.41) is 0.402. The summed E-state index contributed by atoms with van der Waals surface area (Å²) >= 11 is 5.74. The molecule has 1 aromatic heterocycles. The van der Waals surface area contributed by atoms with E-state index in [2.05, 4.69) is 29.7 Å². The number of hydrogen-bond donors (Lipinski definition) is 3. The molecule has 0 spiro atoms. The maximum atomic E-state index is 12.2. The summed E-state index contributed by atoms with van der Waals surface area (Å²) in [7, 11) is 1.50. The molecule has 7 nitrogen and oxygen atoms in total. The number of carbonyl (C=O) groups is 2. The van der Waals surface area contributed by atoms with Crippen LogP contribution < -0.4 is 20.3 Å². The number of aromatic nitrogens is 1. The van der Waals surface area contributed by atoms with Crippen LogP contribution in [0.4, 0.5) is 0 Å². The van der Waals surface area contributed by atoms with Crippen molar-refractivity contribution in [3.63, 3.8) is 0 Å². The molecule has 0 atom stereocenters. The van der Waals surface area contributed by atoms with Crippen LogP contribution >= 0.6 is 11.6 Å². The van der Waals surface area contributed by atoms with Gasteiger partial charge < -0.3 is 14.5 Å². The van der Waals surface area contributed by atoms with Crippen molar-refractivity contribution in [2.75, 3.05) is 13.7 Å². The number of benzene rings is 1. The van der Waals surface area contributed by atoms with Crippen molar-refractivity contribution in [2.45, 2.75) is 20.3 Å². The lowest BCUT2D eigenvalue weighted by Crippen LogP contribution is -2.41. The van der Waals surface area contributed by atoms with E-state index in [1.54, 1.807) is 18.2 Å². The molecular weight excluding hydrogens is 358 g/mol. The second-order valence-corrected chi connectivity index (χ2v) is 6.47. The monoisotopic (exact) mass is 379 g/mol. The average molecular weight is 380 g/mol. The number of hydrazine groups is 1. The summed E-state index contributed by atoms with van der Waals surface area (Å²) in [4.78, 5) is 26.8. The van der Waals surface area contributed by atoms with Crippen molar-refractivity contribution in [2.24, 2.45) is 5.92 Å². The summed E-state index contributed by atoms with van der Waals surface area (Å²) in [5.41, 5.74) is 5.21. The molecule has 0 aliphatic heterocycles. The quantitative estimate of drug-likeness (QED) is 0.644. The van der Waals surface area contributed by atoms with Crippen LogP contribution in [0, 0.1) is 5.92 Å². The molecule has 26 heavy (non-hydrogen) atoms. The fraction of sp³-hybridized carbons (Fsp3) is 0.333. The predicted octanol–water partition coefficient (Wildman–Crippen LogP) is 3.18. The largest absolute Gasteiger partial charge is 0.493 e. The first-order chi connectivity index (χ1) is 12.4. The van der Waals surface area contributed by atoms with E-state index in [1.807, 2.05) is 0 Å². The Bertz CT molecular complexity index is 774. The summed E-state index contributed by atoms with van der Waals surface area (Å²) in [5.74, 6) is 0.553. The van der Waals surface area contributed by atoms with Crippen LogP contribution in [0.1, 0.15) is 41.1 Å². The number of halogens is 1. The molecule has 1 heterocycles. The second kappa shape index (κ2) is 9.15. The van der Waals surface area contributed by atoms with E-state index in [9.17, 15) is 9.59 Å². The fourth-order valence-electron chi connectivity index (χ4n) is 2.08. The fourth-order valence-corrected chi connectivity index (χ4v) is 2.25. The van der Waals surface area contributed by atoms with Crippen LogP contribution in [0.15, 0.2) is 30.5 Å². The molecule has 2 aromatic rings. The van der Waals surface area contributed by atoms with Gasteiger partial charge in [-0.25, -0.2) is 0 Å². The zero-order chi connectivity index (χ0) is 19.1. The van der Waals surface area contributed by atoms with Crippen LogP contribution in [0.3, 0.4) is 0 Å². The Morgan fingerprint density at radius 1 is 1.15 bits per heavy atom. The number of H-pyrrole nitrogens is 1. The van der Waals surface area contributed by atoms with Gasteiger partial charge in [0.2, 0.25) is 0 Å². The maximum absolute atomic E-state index is 12.2. The van der Waals surface area contributed by atoms with Gasteiger partial charge in [-0.15, -0.1) is 0 Å². The number of aromatic amines is 1.